The second-order valence-corrected chi connectivity index (χ2v) is 4.38. The molecule has 5 nitrogen and oxygen atoms in total. The molecule has 2 aromatic carbocycles. The molecule has 0 aromatic heterocycles. The Balaban J connectivity index is 2.58. The molecule has 0 atom stereocenters. The number of benzene rings is 2. The lowest BCUT2D eigenvalue weighted by Gasteiger charge is -2.23. The van der Waals surface area contributed by atoms with Crippen molar-refractivity contribution in [2.75, 3.05) is 19.1 Å². The SMILES string of the molecule is COc1ccc(/C(N)=N/O)c(N(C)c2ccccc2F)c1. The number of nitrogens with two attached hydrogens (primary N) is 1. The third-order valence-electron chi connectivity index (χ3n) is 3.16. The third kappa shape index (κ3) is 2.89. The molecule has 0 fully saturated rings. The predicted octanol–water partition coefficient (Wildman–Crippen LogP) is 2.70. The molecule has 0 aliphatic heterocycles. The van der Waals surface area contributed by atoms with Crippen molar-refractivity contribution in [3.05, 3.63) is 53.8 Å². The van der Waals surface area contributed by atoms with Gasteiger partial charge in [0.05, 0.1) is 18.5 Å². The van der Waals surface area contributed by atoms with E-state index in [2.05, 4.69) is 5.16 Å². The highest BCUT2D eigenvalue weighted by atomic mass is 19.1. The molecule has 2 rings (SSSR count). The summed E-state index contributed by atoms with van der Waals surface area (Å²) in [4.78, 5) is 1.62. The smallest absolute Gasteiger partial charge is 0.172 e. The molecule has 0 aliphatic carbocycles. The Morgan fingerprint density at radius 3 is 2.57 bits per heavy atom. The molecule has 0 heterocycles. The molecule has 0 radical (unpaired) electrons. The Kier molecular flexibility index (Phi) is 4.27. The van der Waals surface area contributed by atoms with Crippen LogP contribution in [-0.4, -0.2) is 25.2 Å². The summed E-state index contributed by atoms with van der Waals surface area (Å²) in [7, 11) is 3.23. The first kappa shape index (κ1) is 14.6. The van der Waals surface area contributed by atoms with Crippen molar-refractivity contribution in [2.45, 2.75) is 0 Å². The average Bonchev–Trinajstić information content (AvgIpc) is 2.53. The zero-order valence-electron chi connectivity index (χ0n) is 11.7. The fourth-order valence-corrected chi connectivity index (χ4v) is 2.04. The molecule has 0 amide bonds. The number of hydrogen-bond donors (Lipinski definition) is 2. The Morgan fingerprint density at radius 1 is 1.24 bits per heavy atom. The highest BCUT2D eigenvalue weighted by Crippen LogP contribution is 2.31. The van der Waals surface area contributed by atoms with Crippen LogP contribution in [-0.2, 0) is 0 Å². The van der Waals surface area contributed by atoms with Gasteiger partial charge in [-0.2, -0.15) is 0 Å². The summed E-state index contributed by atoms with van der Waals surface area (Å²) in [5.41, 5.74) is 7.09. The standard InChI is InChI=1S/C15H16FN3O2/c1-19(13-6-4-3-5-12(13)16)14-9-10(21-2)7-8-11(14)15(17)18-20/h3-9,20H,1-2H3,(H2,17,18). The minimum absolute atomic E-state index is 0.0594. The molecular weight excluding hydrogens is 273 g/mol. The molecule has 6 heteroatoms. The van der Waals surface area contributed by atoms with Crippen LogP contribution >= 0.6 is 0 Å². The van der Waals surface area contributed by atoms with E-state index in [1.54, 1.807) is 48.3 Å². The lowest BCUT2D eigenvalue weighted by atomic mass is 10.1. The fraction of sp³-hybridized carbons (Fsp3) is 0.133. The second kappa shape index (κ2) is 6.13. The molecular formula is C15H16FN3O2. The zero-order chi connectivity index (χ0) is 15.4. The number of ether oxygens (including phenoxy) is 1. The van der Waals surface area contributed by atoms with Gasteiger partial charge in [-0.1, -0.05) is 17.3 Å². The molecule has 0 bridgehead atoms. The zero-order valence-corrected chi connectivity index (χ0v) is 11.7. The van der Waals surface area contributed by atoms with Crippen LogP contribution in [0, 0.1) is 5.82 Å². The third-order valence-corrected chi connectivity index (χ3v) is 3.16. The van der Waals surface area contributed by atoms with E-state index in [1.807, 2.05) is 0 Å². The van der Waals surface area contributed by atoms with Gasteiger partial charge >= 0.3 is 0 Å². The molecule has 0 unspecified atom stereocenters. The number of methoxy groups -OCH3 is 1. The van der Waals surface area contributed by atoms with E-state index in [4.69, 9.17) is 15.7 Å². The van der Waals surface area contributed by atoms with Crippen molar-refractivity contribution in [3.8, 4) is 5.75 Å². The molecule has 0 spiro atoms. The number of hydrogen-bond acceptors (Lipinski definition) is 4. The van der Waals surface area contributed by atoms with Gasteiger partial charge in [-0.15, -0.1) is 0 Å². The molecule has 0 saturated carbocycles. The van der Waals surface area contributed by atoms with Crippen LogP contribution in [0.1, 0.15) is 5.56 Å². The summed E-state index contributed by atoms with van der Waals surface area (Å²) < 4.78 is 19.1. The Labute approximate surface area is 122 Å². The lowest BCUT2D eigenvalue weighted by molar-refractivity contribution is 0.318. The van der Waals surface area contributed by atoms with Gasteiger partial charge in [0.25, 0.3) is 0 Å². The van der Waals surface area contributed by atoms with E-state index in [-0.39, 0.29) is 11.7 Å². The minimum Gasteiger partial charge on any atom is -0.497 e. The Hall–Kier alpha value is -2.76. The fourth-order valence-electron chi connectivity index (χ4n) is 2.04. The van der Waals surface area contributed by atoms with E-state index in [0.717, 1.165) is 0 Å². The summed E-state index contributed by atoms with van der Waals surface area (Å²) in [6, 6.07) is 11.4. The molecule has 0 aliphatic rings. The van der Waals surface area contributed by atoms with Crippen LogP contribution in [0.3, 0.4) is 0 Å². The van der Waals surface area contributed by atoms with Crippen LogP contribution in [0.5, 0.6) is 5.75 Å². The average molecular weight is 289 g/mol. The number of amidine groups is 1. The highest BCUT2D eigenvalue weighted by Gasteiger charge is 2.16. The number of nitrogens with zero attached hydrogens (tertiary/aromatic N) is 2. The van der Waals surface area contributed by atoms with Crippen molar-refractivity contribution >= 4 is 17.2 Å². The molecule has 3 N–H and O–H groups in total. The first-order valence-corrected chi connectivity index (χ1v) is 6.22. The van der Waals surface area contributed by atoms with Crippen molar-refractivity contribution < 1.29 is 14.3 Å². The maximum Gasteiger partial charge on any atom is 0.172 e. The number of para-hydroxylation sites is 1. The predicted molar refractivity (Wildman–Crippen MR) is 80.0 cm³/mol. The molecule has 2 aromatic rings. The number of halogens is 1. The highest BCUT2D eigenvalue weighted by molar-refractivity contribution is 6.03. The van der Waals surface area contributed by atoms with Gasteiger partial charge in [-0.3, -0.25) is 0 Å². The van der Waals surface area contributed by atoms with Crippen molar-refractivity contribution in [3.63, 3.8) is 0 Å². The molecule has 21 heavy (non-hydrogen) atoms. The Morgan fingerprint density at radius 2 is 1.95 bits per heavy atom. The number of anilines is 2. The lowest BCUT2D eigenvalue weighted by Crippen LogP contribution is -2.20. The summed E-state index contributed by atoms with van der Waals surface area (Å²) in [6.07, 6.45) is 0. The van der Waals surface area contributed by atoms with Crippen LogP contribution in [0.15, 0.2) is 47.6 Å². The van der Waals surface area contributed by atoms with Crippen LogP contribution in [0.25, 0.3) is 0 Å². The van der Waals surface area contributed by atoms with Gasteiger partial charge in [0.15, 0.2) is 5.84 Å². The normalized spacial score (nSPS) is 11.3. The molecule has 110 valence electrons. The van der Waals surface area contributed by atoms with Gasteiger partial charge in [-0.25, -0.2) is 4.39 Å². The van der Waals surface area contributed by atoms with Crippen molar-refractivity contribution in [2.24, 2.45) is 10.9 Å². The van der Waals surface area contributed by atoms with Gasteiger partial charge in [0.2, 0.25) is 0 Å². The summed E-state index contributed by atoms with van der Waals surface area (Å²) in [5, 5.41) is 11.9. The maximum atomic E-state index is 13.9. The monoisotopic (exact) mass is 289 g/mol. The number of rotatable bonds is 4. The van der Waals surface area contributed by atoms with E-state index in [1.165, 1.54) is 13.2 Å². The quantitative estimate of drug-likeness (QED) is 0.393. The number of oxime groups is 1. The van der Waals surface area contributed by atoms with Gasteiger partial charge in [-0.05, 0) is 24.3 Å². The largest absolute Gasteiger partial charge is 0.497 e. The first-order valence-electron chi connectivity index (χ1n) is 6.22. The van der Waals surface area contributed by atoms with Gasteiger partial charge in [0, 0.05) is 18.7 Å². The van der Waals surface area contributed by atoms with E-state index in [9.17, 15) is 4.39 Å². The van der Waals surface area contributed by atoms with Gasteiger partial charge < -0.3 is 20.6 Å². The first-order chi connectivity index (χ1) is 10.1. The second-order valence-electron chi connectivity index (χ2n) is 4.38. The van der Waals surface area contributed by atoms with Gasteiger partial charge in [0.1, 0.15) is 11.6 Å². The van der Waals surface area contributed by atoms with Crippen LogP contribution < -0.4 is 15.4 Å². The summed E-state index contributed by atoms with van der Waals surface area (Å²) >= 11 is 0. The molecule has 0 saturated heterocycles. The topological polar surface area (TPSA) is 71.1 Å². The minimum atomic E-state index is -0.367. The van der Waals surface area contributed by atoms with Crippen LogP contribution in [0.4, 0.5) is 15.8 Å². The van der Waals surface area contributed by atoms with E-state index >= 15 is 0 Å². The van der Waals surface area contributed by atoms with Crippen molar-refractivity contribution in [1.82, 2.24) is 0 Å². The van der Waals surface area contributed by atoms with E-state index in [0.29, 0.717) is 22.7 Å². The van der Waals surface area contributed by atoms with Crippen LogP contribution in [0.2, 0.25) is 0 Å². The maximum absolute atomic E-state index is 13.9. The summed E-state index contributed by atoms with van der Waals surface area (Å²) in [6.45, 7) is 0. The van der Waals surface area contributed by atoms with Crippen molar-refractivity contribution in [1.29, 1.82) is 0 Å². The summed E-state index contributed by atoms with van der Waals surface area (Å²) in [5.74, 6) is 0.159. The van der Waals surface area contributed by atoms with E-state index < -0.39 is 0 Å². The Bertz CT molecular complexity index is 674.